The summed E-state index contributed by atoms with van der Waals surface area (Å²) in [6, 6.07) is 6.40. The van der Waals surface area contributed by atoms with Crippen LogP contribution in [0, 0.1) is 0 Å². The lowest BCUT2D eigenvalue weighted by Crippen LogP contribution is -2.05. The number of para-hydroxylation sites is 1. The van der Waals surface area contributed by atoms with Crippen LogP contribution in [0.3, 0.4) is 0 Å². The number of esters is 1. The molecule has 1 aromatic carbocycles. The molecule has 0 amide bonds. The van der Waals surface area contributed by atoms with E-state index in [0.29, 0.717) is 5.76 Å². The van der Waals surface area contributed by atoms with Crippen LogP contribution in [-0.4, -0.2) is 17.1 Å². The summed E-state index contributed by atoms with van der Waals surface area (Å²) in [7, 11) is 0. The highest BCUT2D eigenvalue weighted by Gasteiger charge is 2.13. The lowest BCUT2D eigenvalue weighted by atomic mass is 10.2. The summed E-state index contributed by atoms with van der Waals surface area (Å²) >= 11 is -0.0890. The maximum Gasteiger partial charge on any atom is 0.347 e. The third-order valence-corrected chi connectivity index (χ3v) is 7.91. The van der Waals surface area contributed by atoms with E-state index in [1.807, 2.05) is 8.09 Å². The van der Waals surface area contributed by atoms with Crippen molar-refractivity contribution in [3.05, 3.63) is 39.7 Å². The monoisotopic (exact) mass is 442 g/mol. The highest BCUT2D eigenvalue weighted by molar-refractivity contribution is 14.3. The van der Waals surface area contributed by atoms with Gasteiger partial charge < -0.3 is 9.84 Å². The average molecular weight is 442 g/mol. The molecule has 1 aromatic rings. The number of allylic oxidation sites excluding steroid dienone is 1. The zero-order chi connectivity index (χ0) is 11.4. The van der Waals surface area contributed by atoms with Gasteiger partial charge in [-0.05, 0) is 12.1 Å². The van der Waals surface area contributed by atoms with Gasteiger partial charge in [-0.2, -0.15) is 0 Å². The standard InChI is InChI=1S/C11H8I2O3/c14-10-4-2-1-3-9(10)11(15)16-8-5-12-7-13-6-8/h1-7,14H. The Morgan fingerprint density at radius 2 is 2.06 bits per heavy atom. The molecule has 0 saturated carbocycles. The van der Waals surface area contributed by atoms with Crippen LogP contribution in [0.5, 0.6) is 5.75 Å². The Bertz CT molecular complexity index is 504. The summed E-state index contributed by atoms with van der Waals surface area (Å²) in [5, 5.41) is 9.49. The van der Waals surface area contributed by atoms with Gasteiger partial charge in [0.05, 0.1) is 0 Å². The molecule has 1 aliphatic heterocycles. The number of phenols is 1. The summed E-state index contributed by atoms with van der Waals surface area (Å²) in [5.41, 5.74) is 0.211. The zero-order valence-corrected chi connectivity index (χ0v) is 12.4. The number of hydrogen-bond acceptors (Lipinski definition) is 3. The molecule has 0 fully saturated rings. The summed E-state index contributed by atoms with van der Waals surface area (Å²) in [5.74, 6) is 0.131. The molecular formula is C11H8I2O3. The topological polar surface area (TPSA) is 46.5 Å². The number of carbonyl (C=O) groups excluding carboxylic acids is 1. The number of rotatable bonds is 2. The van der Waals surface area contributed by atoms with Gasteiger partial charge in [-0.15, -0.1) is 0 Å². The minimum absolute atomic E-state index is 0.0418. The van der Waals surface area contributed by atoms with E-state index in [2.05, 4.69) is 2.02 Å². The predicted octanol–water partition coefficient (Wildman–Crippen LogP) is 2.91. The quantitative estimate of drug-likeness (QED) is 0.567. The predicted molar refractivity (Wildman–Crippen MR) is 81.8 cm³/mol. The van der Waals surface area contributed by atoms with Crippen molar-refractivity contribution in [3.63, 3.8) is 0 Å². The van der Waals surface area contributed by atoms with Gasteiger partial charge in [-0.25, -0.2) is 4.79 Å². The lowest BCUT2D eigenvalue weighted by Gasteiger charge is -2.06. The molecule has 84 valence electrons. The Labute approximate surface area is 113 Å². The normalized spacial score (nSPS) is 14.4. The van der Waals surface area contributed by atoms with Gasteiger partial charge in [0, 0.05) is 10.1 Å². The minimum Gasteiger partial charge on any atom is -0.507 e. The van der Waals surface area contributed by atoms with Gasteiger partial charge in [0.25, 0.3) is 0 Å². The van der Waals surface area contributed by atoms with Gasteiger partial charge >= 0.3 is 5.97 Å². The van der Waals surface area contributed by atoms with Crippen molar-refractivity contribution in [1.82, 2.24) is 0 Å². The van der Waals surface area contributed by atoms with Crippen LogP contribution in [0.15, 0.2) is 34.1 Å². The first-order chi connectivity index (χ1) is 7.77. The Balaban J connectivity index is 2.15. The Morgan fingerprint density at radius 3 is 2.75 bits per heavy atom. The molecule has 0 radical (unpaired) electrons. The zero-order valence-electron chi connectivity index (χ0n) is 8.06. The fourth-order valence-electron chi connectivity index (χ4n) is 1.08. The van der Waals surface area contributed by atoms with E-state index in [1.54, 1.807) is 18.2 Å². The molecule has 5 heteroatoms. The molecule has 1 aliphatic rings. The first-order valence-corrected chi connectivity index (χ1v) is 9.35. The van der Waals surface area contributed by atoms with Gasteiger partial charge in [-0.3, -0.25) is 0 Å². The van der Waals surface area contributed by atoms with Gasteiger partial charge in [0.1, 0.15) is 17.1 Å². The number of phenolic OH excluding ortho intramolecular Hbond substituents is 1. The lowest BCUT2D eigenvalue weighted by molar-refractivity contribution is 0.0644. The van der Waals surface area contributed by atoms with Crippen LogP contribution in [0.1, 0.15) is 10.4 Å². The molecule has 2 rings (SSSR count). The molecule has 0 atom stereocenters. The van der Waals surface area contributed by atoms with Crippen molar-refractivity contribution < 1.29 is 14.6 Å². The molecular weight excluding hydrogens is 434 g/mol. The molecule has 0 spiro atoms. The number of halogens is 2. The molecule has 0 bridgehead atoms. The molecule has 3 nitrogen and oxygen atoms in total. The van der Waals surface area contributed by atoms with E-state index in [-0.39, 0.29) is 52.8 Å². The second-order valence-electron chi connectivity index (χ2n) is 2.86. The van der Waals surface area contributed by atoms with E-state index in [0.717, 1.165) is 0 Å². The van der Waals surface area contributed by atoms with Crippen molar-refractivity contribution in [2.24, 2.45) is 0 Å². The maximum atomic E-state index is 11.7. The van der Waals surface area contributed by atoms with Crippen LogP contribution in [0.25, 0.3) is 0 Å². The van der Waals surface area contributed by atoms with Crippen LogP contribution in [-0.2, 0) is 4.74 Å². The molecule has 0 saturated heterocycles. The van der Waals surface area contributed by atoms with E-state index >= 15 is 0 Å². The number of aromatic hydroxyl groups is 1. The van der Waals surface area contributed by atoms with Crippen LogP contribution >= 0.6 is 41.5 Å². The van der Waals surface area contributed by atoms with Crippen molar-refractivity contribution in [1.29, 1.82) is 0 Å². The number of carbonyl (C=O) groups is 1. The third-order valence-electron chi connectivity index (χ3n) is 1.77. The van der Waals surface area contributed by atoms with Crippen molar-refractivity contribution in [2.75, 3.05) is 0 Å². The van der Waals surface area contributed by atoms with Gasteiger partial charge in [0.15, 0.2) is 0 Å². The molecule has 1 N–H and O–H groups in total. The van der Waals surface area contributed by atoms with E-state index in [4.69, 9.17) is 4.74 Å². The first kappa shape index (κ1) is 11.9. The van der Waals surface area contributed by atoms with E-state index in [1.165, 1.54) is 6.07 Å². The van der Waals surface area contributed by atoms with Crippen molar-refractivity contribution >= 4 is 53.5 Å². The fraction of sp³-hybridized carbons (Fsp3) is 0. The number of hydrogen-bond donors (Lipinski definition) is 1. The van der Waals surface area contributed by atoms with Crippen LogP contribution < -0.4 is 0 Å². The number of benzene rings is 1. The van der Waals surface area contributed by atoms with Gasteiger partial charge in [0.2, 0.25) is 0 Å². The average Bonchev–Trinajstić information content (AvgIpc) is 2.31. The van der Waals surface area contributed by atoms with Crippen LogP contribution in [0.4, 0.5) is 0 Å². The SMILES string of the molecule is O=C(OC1=CI=CI=C1)c1ccccc1O. The second-order valence-corrected chi connectivity index (χ2v) is 9.17. The largest absolute Gasteiger partial charge is 0.507 e. The third kappa shape index (κ3) is 2.97. The molecule has 1 heterocycles. The Hall–Kier alpha value is -0.570. The number of ether oxygens (including phenoxy) is 1. The smallest absolute Gasteiger partial charge is 0.347 e. The van der Waals surface area contributed by atoms with E-state index < -0.39 is 5.97 Å². The maximum absolute atomic E-state index is 11.7. The van der Waals surface area contributed by atoms with E-state index in [9.17, 15) is 9.90 Å². The molecule has 0 aromatic heterocycles. The van der Waals surface area contributed by atoms with Crippen molar-refractivity contribution in [2.45, 2.75) is 0 Å². The molecule has 0 aliphatic carbocycles. The summed E-state index contributed by atoms with van der Waals surface area (Å²) in [4.78, 5) is 11.7. The summed E-state index contributed by atoms with van der Waals surface area (Å²) in [6.07, 6.45) is 0. The second kappa shape index (κ2) is 5.67. The molecule has 16 heavy (non-hydrogen) atoms. The summed E-state index contributed by atoms with van der Waals surface area (Å²) < 4.78 is 11.4. The first-order valence-electron chi connectivity index (χ1n) is 4.36. The highest BCUT2D eigenvalue weighted by atomic mass is 127. The molecule has 0 unspecified atom stereocenters. The van der Waals surface area contributed by atoms with Crippen molar-refractivity contribution in [3.8, 4) is 5.75 Å². The van der Waals surface area contributed by atoms with Gasteiger partial charge in [-0.1, -0.05) is 53.6 Å². The highest BCUT2D eigenvalue weighted by Crippen LogP contribution is 2.20. The summed E-state index contributed by atoms with van der Waals surface area (Å²) in [6.45, 7) is 0. The van der Waals surface area contributed by atoms with Crippen LogP contribution in [0.2, 0.25) is 0 Å². The Morgan fingerprint density at radius 1 is 1.25 bits per heavy atom. The minimum atomic E-state index is -0.490. The Kier molecular flexibility index (Phi) is 4.22. The fourth-order valence-corrected chi connectivity index (χ4v) is 6.39.